The molecule has 2 aromatic carbocycles. The van der Waals surface area contributed by atoms with Crippen LogP contribution >= 0.6 is 11.3 Å². The van der Waals surface area contributed by atoms with E-state index in [0.29, 0.717) is 0 Å². The van der Waals surface area contributed by atoms with E-state index in [1.54, 1.807) is 11.3 Å². The quantitative estimate of drug-likeness (QED) is 0.558. The Bertz CT molecular complexity index is 876. The molecule has 20 heavy (non-hydrogen) atoms. The predicted molar refractivity (Wildman–Crippen MR) is 84.2 cm³/mol. The van der Waals surface area contributed by atoms with E-state index in [9.17, 15) is 5.11 Å². The number of aromatic nitrogens is 1. The van der Waals surface area contributed by atoms with Gasteiger partial charge in [0.25, 0.3) is 0 Å². The van der Waals surface area contributed by atoms with E-state index in [-0.39, 0.29) is 0 Å². The lowest BCUT2D eigenvalue weighted by atomic mass is 10.0. The van der Waals surface area contributed by atoms with Crippen molar-refractivity contribution in [2.24, 2.45) is 0 Å². The molecule has 0 amide bonds. The molecule has 0 spiro atoms. The summed E-state index contributed by atoms with van der Waals surface area (Å²) >= 11 is 1.60. The van der Waals surface area contributed by atoms with Crippen molar-refractivity contribution >= 4 is 33.1 Å². The monoisotopic (exact) mass is 279 g/mol. The third kappa shape index (κ3) is 1.75. The molecule has 0 saturated carbocycles. The Morgan fingerprint density at radius 3 is 2.60 bits per heavy atom. The van der Waals surface area contributed by atoms with Gasteiger partial charge in [0.05, 0.1) is 0 Å². The van der Waals surface area contributed by atoms with Crippen molar-refractivity contribution in [1.82, 2.24) is 4.98 Å². The Morgan fingerprint density at radius 1 is 0.900 bits per heavy atom. The van der Waals surface area contributed by atoms with Gasteiger partial charge >= 0.3 is 0 Å². The topological polar surface area (TPSA) is 36.0 Å². The fraction of sp³-hybridized carbons (Fsp3) is 0.0588. The van der Waals surface area contributed by atoms with Gasteiger partial charge in [-0.2, -0.15) is 11.3 Å². The van der Waals surface area contributed by atoms with Crippen LogP contribution in [0.5, 0.6) is 0 Å². The summed E-state index contributed by atoms with van der Waals surface area (Å²) in [4.78, 5) is 3.40. The Labute approximate surface area is 120 Å². The summed E-state index contributed by atoms with van der Waals surface area (Å²) in [6, 6.07) is 16.3. The van der Waals surface area contributed by atoms with Crippen LogP contribution in [0, 0.1) is 0 Å². The number of aromatic amines is 1. The highest BCUT2D eigenvalue weighted by atomic mass is 32.1. The third-order valence-corrected chi connectivity index (χ3v) is 4.41. The van der Waals surface area contributed by atoms with Gasteiger partial charge < -0.3 is 10.1 Å². The number of benzene rings is 2. The van der Waals surface area contributed by atoms with Crippen LogP contribution in [-0.2, 0) is 0 Å². The second-order valence-electron chi connectivity index (χ2n) is 4.93. The number of H-pyrrole nitrogens is 1. The van der Waals surface area contributed by atoms with E-state index in [0.717, 1.165) is 27.5 Å². The first-order chi connectivity index (χ1) is 9.83. The van der Waals surface area contributed by atoms with Crippen LogP contribution in [-0.4, -0.2) is 10.1 Å². The zero-order valence-electron chi connectivity index (χ0n) is 10.7. The maximum absolute atomic E-state index is 10.4. The van der Waals surface area contributed by atoms with Gasteiger partial charge in [-0.25, -0.2) is 0 Å². The van der Waals surface area contributed by atoms with Gasteiger partial charge in [-0.05, 0) is 46.2 Å². The molecule has 2 N–H and O–H groups in total. The van der Waals surface area contributed by atoms with Crippen LogP contribution in [0.4, 0.5) is 0 Å². The zero-order chi connectivity index (χ0) is 13.5. The van der Waals surface area contributed by atoms with Crippen molar-refractivity contribution in [3.63, 3.8) is 0 Å². The number of aliphatic hydroxyl groups excluding tert-OH is 1. The molecule has 0 aliphatic heterocycles. The van der Waals surface area contributed by atoms with Crippen molar-refractivity contribution < 1.29 is 5.11 Å². The van der Waals surface area contributed by atoms with Gasteiger partial charge in [0.1, 0.15) is 6.10 Å². The molecule has 98 valence electrons. The maximum Gasteiger partial charge on any atom is 0.105 e. The van der Waals surface area contributed by atoms with Gasteiger partial charge in [-0.15, -0.1) is 0 Å². The summed E-state index contributed by atoms with van der Waals surface area (Å²) in [5.74, 6) is 0. The summed E-state index contributed by atoms with van der Waals surface area (Å²) < 4.78 is 0. The van der Waals surface area contributed by atoms with Crippen LogP contribution in [0.3, 0.4) is 0 Å². The minimum atomic E-state index is -0.556. The minimum absolute atomic E-state index is 0.556. The second kappa shape index (κ2) is 4.47. The Balaban J connectivity index is 1.91. The number of hydrogen-bond donors (Lipinski definition) is 2. The summed E-state index contributed by atoms with van der Waals surface area (Å²) in [7, 11) is 0. The highest BCUT2D eigenvalue weighted by molar-refractivity contribution is 7.08. The van der Waals surface area contributed by atoms with Crippen LogP contribution in [0.25, 0.3) is 21.8 Å². The molecule has 2 aromatic heterocycles. The van der Waals surface area contributed by atoms with Crippen molar-refractivity contribution in [2.75, 3.05) is 0 Å². The molecule has 0 fully saturated rings. The number of aliphatic hydroxyl groups is 1. The van der Waals surface area contributed by atoms with Crippen molar-refractivity contribution in [1.29, 1.82) is 0 Å². The number of fused-ring (bicyclic) bond motifs is 3. The second-order valence-corrected chi connectivity index (χ2v) is 5.71. The van der Waals surface area contributed by atoms with Gasteiger partial charge in [-0.1, -0.05) is 24.3 Å². The molecule has 4 aromatic rings. The summed E-state index contributed by atoms with van der Waals surface area (Å²) in [5.41, 5.74) is 4.12. The highest BCUT2D eigenvalue weighted by Gasteiger charge is 2.12. The van der Waals surface area contributed by atoms with E-state index in [1.165, 1.54) is 5.39 Å². The highest BCUT2D eigenvalue weighted by Crippen LogP contribution is 2.30. The Hall–Kier alpha value is -2.10. The normalized spacial score (nSPS) is 13.1. The molecule has 1 unspecified atom stereocenters. The van der Waals surface area contributed by atoms with E-state index in [2.05, 4.69) is 23.2 Å². The molecule has 4 rings (SSSR count). The molecular formula is C17H13NOS. The summed E-state index contributed by atoms with van der Waals surface area (Å²) in [6.07, 6.45) is -0.556. The number of thiophene rings is 1. The summed E-state index contributed by atoms with van der Waals surface area (Å²) in [6.45, 7) is 0. The van der Waals surface area contributed by atoms with Gasteiger partial charge in [0, 0.05) is 21.8 Å². The smallest absolute Gasteiger partial charge is 0.105 e. The van der Waals surface area contributed by atoms with Crippen LogP contribution in [0.2, 0.25) is 0 Å². The first kappa shape index (κ1) is 11.7. The summed E-state index contributed by atoms with van der Waals surface area (Å²) in [5, 5.41) is 16.8. The van der Waals surface area contributed by atoms with E-state index in [4.69, 9.17) is 0 Å². The molecule has 3 heteroatoms. The van der Waals surface area contributed by atoms with Gasteiger partial charge in [-0.3, -0.25) is 0 Å². The van der Waals surface area contributed by atoms with Crippen LogP contribution in [0.15, 0.2) is 59.3 Å². The molecule has 1 atom stereocenters. The molecule has 0 radical (unpaired) electrons. The standard InChI is InChI=1S/C17H13NOS/c19-17(12-7-8-20-10-12)11-5-6-16-14(9-11)13-3-1-2-4-15(13)18-16/h1-10,17-19H. The molecule has 0 aliphatic rings. The minimum Gasteiger partial charge on any atom is -0.384 e. The fourth-order valence-electron chi connectivity index (χ4n) is 2.66. The van der Waals surface area contributed by atoms with E-state index in [1.807, 2.05) is 41.1 Å². The molecule has 2 nitrogen and oxygen atoms in total. The first-order valence-corrected chi connectivity index (χ1v) is 7.48. The Kier molecular flexibility index (Phi) is 2.62. The lowest BCUT2D eigenvalue weighted by molar-refractivity contribution is 0.221. The van der Waals surface area contributed by atoms with Crippen molar-refractivity contribution in [3.05, 3.63) is 70.4 Å². The lowest BCUT2D eigenvalue weighted by Gasteiger charge is -2.09. The largest absolute Gasteiger partial charge is 0.384 e. The SMILES string of the molecule is OC(c1ccsc1)c1ccc2[nH]c3ccccc3c2c1. The van der Waals surface area contributed by atoms with Crippen molar-refractivity contribution in [3.8, 4) is 0 Å². The fourth-order valence-corrected chi connectivity index (χ4v) is 3.34. The van der Waals surface area contributed by atoms with Crippen LogP contribution < -0.4 is 0 Å². The van der Waals surface area contributed by atoms with Gasteiger partial charge in [0.2, 0.25) is 0 Å². The van der Waals surface area contributed by atoms with Gasteiger partial charge in [0.15, 0.2) is 0 Å². The van der Waals surface area contributed by atoms with Crippen LogP contribution in [0.1, 0.15) is 17.2 Å². The number of para-hydroxylation sites is 1. The van der Waals surface area contributed by atoms with Crippen molar-refractivity contribution in [2.45, 2.75) is 6.10 Å². The first-order valence-electron chi connectivity index (χ1n) is 6.53. The zero-order valence-corrected chi connectivity index (χ0v) is 11.5. The lowest BCUT2D eigenvalue weighted by Crippen LogP contribution is -1.97. The average molecular weight is 279 g/mol. The number of rotatable bonds is 2. The average Bonchev–Trinajstić information content (AvgIpc) is 3.13. The molecule has 2 heterocycles. The predicted octanol–water partition coefficient (Wildman–Crippen LogP) is 4.46. The Morgan fingerprint density at radius 2 is 1.75 bits per heavy atom. The number of nitrogens with one attached hydrogen (secondary N) is 1. The maximum atomic E-state index is 10.4. The molecule has 0 saturated heterocycles. The molecule has 0 aliphatic carbocycles. The van der Waals surface area contributed by atoms with E-state index < -0.39 is 6.10 Å². The molecular weight excluding hydrogens is 266 g/mol. The third-order valence-electron chi connectivity index (χ3n) is 3.70. The van der Waals surface area contributed by atoms with E-state index >= 15 is 0 Å². The number of hydrogen-bond acceptors (Lipinski definition) is 2. The molecule has 0 bridgehead atoms.